The lowest BCUT2D eigenvalue weighted by Gasteiger charge is -2.27. The van der Waals surface area contributed by atoms with E-state index in [4.69, 9.17) is 4.74 Å². The average molecular weight is 277 g/mol. The van der Waals surface area contributed by atoms with Crippen LogP contribution in [0.1, 0.15) is 37.7 Å². The van der Waals surface area contributed by atoms with E-state index in [9.17, 15) is 9.59 Å². The van der Waals surface area contributed by atoms with Crippen molar-refractivity contribution in [3.63, 3.8) is 0 Å². The first-order valence-electron chi connectivity index (χ1n) is 7.17. The second-order valence-electron chi connectivity index (χ2n) is 5.65. The summed E-state index contributed by atoms with van der Waals surface area (Å²) in [4.78, 5) is 23.9. The molecule has 20 heavy (non-hydrogen) atoms. The number of carbonyl (C=O) groups is 2. The van der Waals surface area contributed by atoms with Gasteiger partial charge in [0.2, 0.25) is 5.91 Å². The summed E-state index contributed by atoms with van der Waals surface area (Å²) in [6.07, 6.45) is 8.21. The summed E-state index contributed by atoms with van der Waals surface area (Å²) >= 11 is 0. The SMILES string of the molecule is O=C1CC(C(=O)NCCc2cn[nH]c2)C2(CCCC2)O1. The van der Waals surface area contributed by atoms with Gasteiger partial charge < -0.3 is 10.1 Å². The summed E-state index contributed by atoms with van der Waals surface area (Å²) in [5, 5.41) is 9.53. The molecule has 1 atom stereocenters. The summed E-state index contributed by atoms with van der Waals surface area (Å²) in [5.41, 5.74) is 0.538. The molecule has 1 amide bonds. The molecule has 1 saturated heterocycles. The molecule has 0 aromatic carbocycles. The number of aromatic amines is 1. The maximum atomic E-state index is 12.3. The van der Waals surface area contributed by atoms with Crippen LogP contribution in [0.4, 0.5) is 0 Å². The molecule has 6 heteroatoms. The van der Waals surface area contributed by atoms with E-state index in [1.54, 1.807) is 6.20 Å². The summed E-state index contributed by atoms with van der Waals surface area (Å²) in [7, 11) is 0. The molecule has 108 valence electrons. The number of carbonyl (C=O) groups excluding carboxylic acids is 2. The van der Waals surface area contributed by atoms with Crippen LogP contribution >= 0.6 is 0 Å². The van der Waals surface area contributed by atoms with Gasteiger partial charge in [-0.1, -0.05) is 0 Å². The van der Waals surface area contributed by atoms with Crippen LogP contribution in [0.2, 0.25) is 0 Å². The topological polar surface area (TPSA) is 84.1 Å². The maximum Gasteiger partial charge on any atom is 0.307 e. The summed E-state index contributed by atoms with van der Waals surface area (Å²) in [6, 6.07) is 0. The largest absolute Gasteiger partial charge is 0.458 e. The van der Waals surface area contributed by atoms with Gasteiger partial charge in [0.25, 0.3) is 0 Å². The zero-order valence-corrected chi connectivity index (χ0v) is 11.4. The smallest absolute Gasteiger partial charge is 0.307 e. The Hall–Kier alpha value is -1.85. The monoisotopic (exact) mass is 277 g/mol. The Kier molecular flexibility index (Phi) is 3.46. The first kappa shape index (κ1) is 13.1. The molecule has 1 aromatic heterocycles. The van der Waals surface area contributed by atoms with E-state index in [-0.39, 0.29) is 24.2 Å². The number of nitrogens with one attached hydrogen (secondary N) is 2. The van der Waals surface area contributed by atoms with Gasteiger partial charge in [-0.25, -0.2) is 0 Å². The zero-order valence-electron chi connectivity index (χ0n) is 11.4. The van der Waals surface area contributed by atoms with Crippen molar-refractivity contribution >= 4 is 11.9 Å². The van der Waals surface area contributed by atoms with Crippen molar-refractivity contribution in [2.24, 2.45) is 5.92 Å². The molecule has 3 rings (SSSR count). The molecule has 1 aliphatic carbocycles. The number of amides is 1. The van der Waals surface area contributed by atoms with Crippen molar-refractivity contribution in [3.05, 3.63) is 18.0 Å². The normalized spacial score (nSPS) is 24.0. The average Bonchev–Trinajstić information content (AvgIpc) is 3.12. The van der Waals surface area contributed by atoms with Gasteiger partial charge in [-0.3, -0.25) is 14.7 Å². The quantitative estimate of drug-likeness (QED) is 0.802. The fourth-order valence-electron chi connectivity index (χ4n) is 3.32. The van der Waals surface area contributed by atoms with Gasteiger partial charge in [0.15, 0.2) is 0 Å². The van der Waals surface area contributed by atoms with Crippen molar-refractivity contribution in [1.82, 2.24) is 15.5 Å². The Morgan fingerprint density at radius 2 is 2.30 bits per heavy atom. The van der Waals surface area contributed by atoms with E-state index in [1.165, 1.54) is 0 Å². The third-order valence-electron chi connectivity index (χ3n) is 4.36. The molecule has 1 saturated carbocycles. The number of esters is 1. The number of hydrogen-bond donors (Lipinski definition) is 2. The highest BCUT2D eigenvalue weighted by atomic mass is 16.6. The molecule has 1 unspecified atom stereocenters. The van der Waals surface area contributed by atoms with Crippen molar-refractivity contribution in [3.8, 4) is 0 Å². The van der Waals surface area contributed by atoms with E-state index < -0.39 is 5.60 Å². The van der Waals surface area contributed by atoms with Crippen LogP contribution in [0.25, 0.3) is 0 Å². The fourth-order valence-corrected chi connectivity index (χ4v) is 3.32. The third-order valence-corrected chi connectivity index (χ3v) is 4.36. The van der Waals surface area contributed by atoms with Gasteiger partial charge in [-0.2, -0.15) is 5.10 Å². The van der Waals surface area contributed by atoms with Crippen LogP contribution in [0.15, 0.2) is 12.4 Å². The lowest BCUT2D eigenvalue weighted by Crippen LogP contribution is -2.43. The van der Waals surface area contributed by atoms with Crippen LogP contribution < -0.4 is 5.32 Å². The fraction of sp³-hybridized carbons (Fsp3) is 0.643. The van der Waals surface area contributed by atoms with Crippen molar-refractivity contribution in [1.29, 1.82) is 0 Å². The minimum absolute atomic E-state index is 0.0544. The molecule has 2 fully saturated rings. The van der Waals surface area contributed by atoms with Gasteiger partial charge in [0.1, 0.15) is 5.60 Å². The molecular weight excluding hydrogens is 258 g/mol. The van der Waals surface area contributed by atoms with Gasteiger partial charge in [-0.15, -0.1) is 0 Å². The second kappa shape index (κ2) is 5.26. The van der Waals surface area contributed by atoms with Gasteiger partial charge in [0.05, 0.1) is 18.5 Å². The lowest BCUT2D eigenvalue weighted by atomic mass is 9.85. The second-order valence-corrected chi connectivity index (χ2v) is 5.65. The van der Waals surface area contributed by atoms with E-state index in [2.05, 4.69) is 15.5 Å². The molecular formula is C14H19N3O3. The lowest BCUT2D eigenvalue weighted by molar-refractivity contribution is -0.149. The van der Waals surface area contributed by atoms with Crippen LogP contribution in [0.5, 0.6) is 0 Å². The summed E-state index contributed by atoms with van der Waals surface area (Å²) < 4.78 is 5.48. The molecule has 2 heterocycles. The predicted octanol–water partition coefficient (Wildman–Crippen LogP) is 0.944. The maximum absolute atomic E-state index is 12.3. The first-order valence-corrected chi connectivity index (χ1v) is 7.17. The Balaban J connectivity index is 1.57. The molecule has 0 radical (unpaired) electrons. The van der Waals surface area contributed by atoms with Crippen LogP contribution in [0.3, 0.4) is 0 Å². The molecule has 1 aromatic rings. The van der Waals surface area contributed by atoms with Crippen LogP contribution in [0, 0.1) is 5.92 Å². The Labute approximate surface area is 117 Å². The first-order chi connectivity index (χ1) is 9.70. The highest BCUT2D eigenvalue weighted by molar-refractivity contribution is 5.87. The highest BCUT2D eigenvalue weighted by Gasteiger charge is 2.53. The molecule has 0 bridgehead atoms. The minimum Gasteiger partial charge on any atom is -0.458 e. The van der Waals surface area contributed by atoms with E-state index in [0.717, 1.165) is 37.7 Å². The highest BCUT2D eigenvalue weighted by Crippen LogP contribution is 2.45. The van der Waals surface area contributed by atoms with E-state index in [1.807, 2.05) is 6.20 Å². The Morgan fingerprint density at radius 1 is 1.50 bits per heavy atom. The number of aromatic nitrogens is 2. The Bertz CT molecular complexity index is 492. The number of nitrogens with zero attached hydrogens (tertiary/aromatic N) is 1. The van der Waals surface area contributed by atoms with Gasteiger partial charge in [0, 0.05) is 12.7 Å². The van der Waals surface area contributed by atoms with Crippen molar-refractivity contribution < 1.29 is 14.3 Å². The van der Waals surface area contributed by atoms with E-state index >= 15 is 0 Å². The van der Waals surface area contributed by atoms with Gasteiger partial charge in [-0.05, 0) is 37.7 Å². The zero-order chi connectivity index (χ0) is 14.0. The summed E-state index contributed by atoms with van der Waals surface area (Å²) in [6.45, 7) is 0.555. The number of rotatable bonds is 4. The minimum atomic E-state index is -0.517. The third kappa shape index (κ3) is 2.42. The van der Waals surface area contributed by atoms with Crippen molar-refractivity contribution in [2.45, 2.75) is 44.1 Å². The molecule has 2 N–H and O–H groups in total. The van der Waals surface area contributed by atoms with Gasteiger partial charge >= 0.3 is 5.97 Å². The summed E-state index contributed by atoms with van der Waals surface area (Å²) in [5.74, 6) is -0.607. The number of hydrogen-bond acceptors (Lipinski definition) is 4. The van der Waals surface area contributed by atoms with Crippen LogP contribution in [-0.4, -0.2) is 34.2 Å². The standard InChI is InChI=1S/C14H19N3O3/c18-12-7-11(14(20-12)4-1-2-5-14)13(19)15-6-3-10-8-16-17-9-10/h8-9,11H,1-7H2,(H,15,19)(H,16,17). The molecule has 6 nitrogen and oxygen atoms in total. The van der Waals surface area contributed by atoms with Crippen molar-refractivity contribution in [2.75, 3.05) is 6.54 Å². The molecule has 2 aliphatic rings. The van der Waals surface area contributed by atoms with E-state index in [0.29, 0.717) is 6.54 Å². The predicted molar refractivity (Wildman–Crippen MR) is 70.7 cm³/mol. The molecule has 1 aliphatic heterocycles. The van der Waals surface area contributed by atoms with Crippen LogP contribution in [-0.2, 0) is 20.7 Å². The number of ether oxygens (including phenoxy) is 1. The Morgan fingerprint density at radius 3 is 3.00 bits per heavy atom. The molecule has 1 spiro atoms. The number of H-pyrrole nitrogens is 1.